The van der Waals surface area contributed by atoms with Crippen molar-refractivity contribution in [1.29, 1.82) is 0 Å². The van der Waals surface area contributed by atoms with Crippen LogP contribution in [0.1, 0.15) is 22.3 Å². The summed E-state index contributed by atoms with van der Waals surface area (Å²) in [5.41, 5.74) is 4.62. The first kappa shape index (κ1) is 18.7. The molecule has 0 N–H and O–H groups in total. The van der Waals surface area contributed by atoms with Crippen LogP contribution in [0.15, 0.2) is 78.9 Å². The molecule has 31 heavy (non-hydrogen) atoms. The Morgan fingerprint density at radius 1 is 0.710 bits per heavy atom. The van der Waals surface area contributed by atoms with Crippen LogP contribution in [-0.4, -0.2) is 38.6 Å². The first-order chi connectivity index (χ1) is 15.3. The Morgan fingerprint density at radius 2 is 1.23 bits per heavy atom. The summed E-state index contributed by atoms with van der Waals surface area (Å²) in [6.07, 6.45) is 5.03. The third kappa shape index (κ3) is 3.62. The Kier molecular flexibility index (Phi) is 4.55. The number of hydrogen-bond acceptors (Lipinski definition) is 4. The van der Waals surface area contributed by atoms with Gasteiger partial charge in [0.1, 0.15) is 36.9 Å². The molecule has 4 nitrogen and oxygen atoms in total. The van der Waals surface area contributed by atoms with Crippen LogP contribution in [0.4, 0.5) is 0 Å². The molecule has 2 saturated heterocycles. The highest BCUT2D eigenvalue weighted by Crippen LogP contribution is 2.47. The fourth-order valence-corrected chi connectivity index (χ4v) is 4.31. The summed E-state index contributed by atoms with van der Waals surface area (Å²) in [6, 6.07) is 25.5. The molecule has 2 atom stereocenters. The molecule has 4 heteroatoms. The number of allylic oxidation sites excluding steroid dienone is 1. The van der Waals surface area contributed by atoms with Crippen LogP contribution in [0.25, 0.3) is 6.08 Å². The molecule has 3 aromatic carbocycles. The Bertz CT molecular complexity index is 1030. The molecule has 0 saturated carbocycles. The summed E-state index contributed by atoms with van der Waals surface area (Å²) < 4.78 is 22.2. The van der Waals surface area contributed by atoms with Gasteiger partial charge in [-0.3, -0.25) is 0 Å². The van der Waals surface area contributed by atoms with Crippen LogP contribution in [0.5, 0.6) is 11.5 Å². The molecule has 3 aliphatic rings. The number of fused-ring (bicyclic) bond motifs is 1. The molecule has 2 unspecified atom stereocenters. The molecule has 3 aromatic rings. The lowest BCUT2D eigenvalue weighted by atomic mass is 9.71. The fourth-order valence-electron chi connectivity index (χ4n) is 4.31. The number of rotatable bonds is 8. The van der Waals surface area contributed by atoms with E-state index in [-0.39, 0.29) is 17.6 Å². The monoisotopic (exact) mass is 412 g/mol. The molecule has 0 bridgehead atoms. The second kappa shape index (κ2) is 7.56. The summed E-state index contributed by atoms with van der Waals surface area (Å²) in [4.78, 5) is 0. The van der Waals surface area contributed by atoms with Gasteiger partial charge in [-0.1, -0.05) is 60.7 Å². The lowest BCUT2D eigenvalue weighted by molar-refractivity contribution is 0.263. The van der Waals surface area contributed by atoms with Crippen molar-refractivity contribution in [2.75, 3.05) is 26.4 Å². The Balaban J connectivity index is 1.34. The summed E-state index contributed by atoms with van der Waals surface area (Å²) in [5, 5.41) is 0. The highest BCUT2D eigenvalue weighted by molar-refractivity contribution is 5.73. The zero-order valence-corrected chi connectivity index (χ0v) is 17.2. The van der Waals surface area contributed by atoms with Crippen molar-refractivity contribution in [3.05, 3.63) is 101 Å². The van der Waals surface area contributed by atoms with E-state index in [0.29, 0.717) is 13.2 Å². The molecule has 156 valence electrons. The molecule has 6 rings (SSSR count). The largest absolute Gasteiger partial charge is 0.491 e. The van der Waals surface area contributed by atoms with E-state index in [0.717, 1.165) is 24.7 Å². The smallest absolute Gasteiger partial charge is 0.119 e. The van der Waals surface area contributed by atoms with Gasteiger partial charge in [0.15, 0.2) is 0 Å². The topological polar surface area (TPSA) is 43.5 Å². The average molecular weight is 412 g/mol. The molecule has 0 spiro atoms. The molecule has 2 heterocycles. The van der Waals surface area contributed by atoms with E-state index >= 15 is 0 Å². The highest BCUT2D eigenvalue weighted by Gasteiger charge is 2.38. The average Bonchev–Trinajstić information content (AvgIpc) is 3.76. The van der Waals surface area contributed by atoms with E-state index < -0.39 is 0 Å². The van der Waals surface area contributed by atoms with Crippen molar-refractivity contribution in [2.24, 2.45) is 0 Å². The molecule has 0 aromatic heterocycles. The molecule has 2 fully saturated rings. The van der Waals surface area contributed by atoms with Gasteiger partial charge in [-0.25, -0.2) is 0 Å². The lowest BCUT2D eigenvalue weighted by Gasteiger charge is -2.31. The summed E-state index contributed by atoms with van der Waals surface area (Å²) in [5.74, 6) is 1.74. The van der Waals surface area contributed by atoms with Gasteiger partial charge >= 0.3 is 0 Å². The summed E-state index contributed by atoms with van der Waals surface area (Å²) in [7, 11) is 0. The first-order valence-electron chi connectivity index (χ1n) is 10.8. The Labute approximate surface area is 182 Å². The zero-order chi connectivity index (χ0) is 20.7. The van der Waals surface area contributed by atoms with Crippen LogP contribution in [0.3, 0.4) is 0 Å². The van der Waals surface area contributed by atoms with Crippen LogP contribution < -0.4 is 9.47 Å². The number of hydrogen-bond donors (Lipinski definition) is 0. The van der Waals surface area contributed by atoms with Crippen molar-refractivity contribution in [3.63, 3.8) is 0 Å². The standard InChI is InChI=1S/C27H24O4/c1-2-4-26-19(3-1)13-14-27(26,20-5-9-22(10-6-20)28-15-24-17-30-24)21-7-11-23(12-8-21)29-16-25-18-31-25/h1-14,24-25H,15-18H2. The van der Waals surface area contributed by atoms with E-state index in [1.807, 2.05) is 0 Å². The van der Waals surface area contributed by atoms with E-state index in [2.05, 4.69) is 84.9 Å². The SMILES string of the molecule is C1=CC(c2ccc(OCC3CO3)cc2)(c2ccc(OCC3CO3)cc2)c2ccccc21. The van der Waals surface area contributed by atoms with Crippen molar-refractivity contribution >= 4 is 6.08 Å². The lowest BCUT2D eigenvalue weighted by Crippen LogP contribution is -2.25. The Hall–Kier alpha value is -3.08. The normalized spacial score (nSPS) is 25.2. The van der Waals surface area contributed by atoms with Crippen LogP contribution in [0.2, 0.25) is 0 Å². The number of ether oxygens (including phenoxy) is 4. The van der Waals surface area contributed by atoms with Crippen LogP contribution >= 0.6 is 0 Å². The van der Waals surface area contributed by atoms with Gasteiger partial charge in [0.05, 0.1) is 18.6 Å². The van der Waals surface area contributed by atoms with Crippen molar-refractivity contribution < 1.29 is 18.9 Å². The maximum atomic E-state index is 5.85. The molecule has 1 aliphatic carbocycles. The number of epoxide rings is 2. The molecule has 0 amide bonds. The van der Waals surface area contributed by atoms with Gasteiger partial charge in [0.2, 0.25) is 0 Å². The minimum Gasteiger partial charge on any atom is -0.491 e. The van der Waals surface area contributed by atoms with E-state index in [4.69, 9.17) is 18.9 Å². The zero-order valence-electron chi connectivity index (χ0n) is 17.2. The quantitative estimate of drug-likeness (QED) is 0.507. The third-order valence-corrected chi connectivity index (χ3v) is 6.19. The van der Waals surface area contributed by atoms with Crippen molar-refractivity contribution in [2.45, 2.75) is 17.6 Å². The van der Waals surface area contributed by atoms with E-state index in [9.17, 15) is 0 Å². The molecular formula is C27H24O4. The van der Waals surface area contributed by atoms with Gasteiger partial charge in [-0.05, 0) is 46.5 Å². The van der Waals surface area contributed by atoms with Gasteiger partial charge in [0.25, 0.3) is 0 Å². The van der Waals surface area contributed by atoms with Crippen LogP contribution in [-0.2, 0) is 14.9 Å². The summed E-state index contributed by atoms with van der Waals surface area (Å²) >= 11 is 0. The minimum absolute atomic E-state index is 0.253. The predicted molar refractivity (Wildman–Crippen MR) is 119 cm³/mol. The molecule has 2 aliphatic heterocycles. The maximum absolute atomic E-state index is 5.85. The third-order valence-electron chi connectivity index (χ3n) is 6.19. The highest BCUT2D eigenvalue weighted by atomic mass is 16.6. The van der Waals surface area contributed by atoms with Gasteiger partial charge in [0, 0.05) is 0 Å². The summed E-state index contributed by atoms with van der Waals surface area (Å²) in [6.45, 7) is 2.83. The predicted octanol–water partition coefficient (Wildman–Crippen LogP) is 4.60. The van der Waals surface area contributed by atoms with E-state index in [1.54, 1.807) is 0 Å². The van der Waals surface area contributed by atoms with Crippen molar-refractivity contribution in [1.82, 2.24) is 0 Å². The van der Waals surface area contributed by atoms with E-state index in [1.165, 1.54) is 22.3 Å². The number of benzene rings is 3. The first-order valence-corrected chi connectivity index (χ1v) is 10.8. The van der Waals surface area contributed by atoms with Crippen LogP contribution in [0, 0.1) is 0 Å². The second-order valence-corrected chi connectivity index (χ2v) is 8.31. The Morgan fingerprint density at radius 3 is 1.74 bits per heavy atom. The molecule has 0 radical (unpaired) electrons. The second-order valence-electron chi connectivity index (χ2n) is 8.31. The van der Waals surface area contributed by atoms with Gasteiger partial charge in [-0.2, -0.15) is 0 Å². The molecular weight excluding hydrogens is 388 g/mol. The fraction of sp³-hybridized carbons (Fsp3) is 0.259. The minimum atomic E-state index is -0.340. The van der Waals surface area contributed by atoms with Gasteiger partial charge < -0.3 is 18.9 Å². The maximum Gasteiger partial charge on any atom is 0.119 e. The van der Waals surface area contributed by atoms with Crippen molar-refractivity contribution in [3.8, 4) is 11.5 Å². The van der Waals surface area contributed by atoms with Gasteiger partial charge in [-0.15, -0.1) is 0 Å².